The maximum absolute atomic E-state index is 13.4. The maximum Gasteiger partial charge on any atom is 0.343 e. The number of fused-ring (bicyclic) bond motifs is 5. The second-order valence-corrected chi connectivity index (χ2v) is 9.30. The molecule has 172 valence electrons. The molecule has 3 aromatic rings. The molecule has 2 atom stereocenters. The first-order valence-corrected chi connectivity index (χ1v) is 11.5. The molecule has 1 aromatic carbocycles. The van der Waals surface area contributed by atoms with E-state index in [1.807, 2.05) is 0 Å². The summed E-state index contributed by atoms with van der Waals surface area (Å²) in [7, 11) is 4.12. The Kier molecular flexibility index (Phi) is 4.95. The van der Waals surface area contributed by atoms with Gasteiger partial charge >= 0.3 is 5.97 Å². The summed E-state index contributed by atoms with van der Waals surface area (Å²) >= 11 is 0. The summed E-state index contributed by atoms with van der Waals surface area (Å²) in [6, 6.07) is 8.45. The molecule has 0 amide bonds. The van der Waals surface area contributed by atoms with Crippen molar-refractivity contribution in [3.05, 3.63) is 62.4 Å². The first kappa shape index (κ1) is 21.8. The van der Waals surface area contributed by atoms with E-state index in [0.717, 1.165) is 34.1 Å². The van der Waals surface area contributed by atoms with Crippen molar-refractivity contribution in [1.29, 1.82) is 0 Å². The fraction of sp³-hybridized carbons (Fsp3) is 0.423. The van der Waals surface area contributed by atoms with E-state index in [9.17, 15) is 14.7 Å². The minimum Gasteiger partial charge on any atom is -0.458 e. The van der Waals surface area contributed by atoms with E-state index in [0.29, 0.717) is 23.4 Å². The van der Waals surface area contributed by atoms with Crippen LogP contribution in [0.1, 0.15) is 61.1 Å². The lowest BCUT2D eigenvalue weighted by atomic mass is 9.86. The van der Waals surface area contributed by atoms with Gasteiger partial charge in [-0.3, -0.25) is 4.79 Å². The Labute approximate surface area is 192 Å². The van der Waals surface area contributed by atoms with Crippen LogP contribution in [0, 0.1) is 0 Å². The second kappa shape index (κ2) is 7.50. The van der Waals surface area contributed by atoms with Crippen molar-refractivity contribution in [2.24, 2.45) is 0 Å². The molecule has 1 unspecified atom stereocenters. The third-order valence-electron chi connectivity index (χ3n) is 7.40. The minimum absolute atomic E-state index is 0.119. The summed E-state index contributed by atoms with van der Waals surface area (Å²) in [5.74, 6) is -0.706. The zero-order valence-corrected chi connectivity index (χ0v) is 19.7. The summed E-state index contributed by atoms with van der Waals surface area (Å²) in [5.41, 5.74) is 4.27. The van der Waals surface area contributed by atoms with Gasteiger partial charge in [0.05, 0.1) is 29.0 Å². The van der Waals surface area contributed by atoms with Crippen molar-refractivity contribution in [3.8, 4) is 11.4 Å². The predicted octanol–water partition coefficient (Wildman–Crippen LogP) is 3.26. The second-order valence-electron chi connectivity index (χ2n) is 9.30. The Bertz CT molecular complexity index is 1370. The average molecular weight is 448 g/mol. The Morgan fingerprint density at radius 1 is 1.24 bits per heavy atom. The standard InChI is InChI=1S/C26H29N3O4/c1-6-15-8-9-17(14(3)28(4)5)18-10-16-12-29-21(23(16)27-22(15)18)11-20-19(24(29)30)13-33-25(31)26(20,32)7-2/h8-11,14,32H,6-7,12-13H2,1-5H3/t14?,26-/m0/s1. The lowest BCUT2D eigenvalue weighted by Crippen LogP contribution is -2.44. The summed E-state index contributed by atoms with van der Waals surface area (Å²) in [6.07, 6.45) is 0.975. The summed E-state index contributed by atoms with van der Waals surface area (Å²) in [4.78, 5) is 33.0. The zero-order chi connectivity index (χ0) is 23.7. The smallest absolute Gasteiger partial charge is 0.343 e. The summed E-state index contributed by atoms with van der Waals surface area (Å²) in [5, 5.41) is 12.2. The van der Waals surface area contributed by atoms with Crippen molar-refractivity contribution in [3.63, 3.8) is 0 Å². The van der Waals surface area contributed by atoms with E-state index in [1.54, 1.807) is 17.6 Å². The largest absolute Gasteiger partial charge is 0.458 e. The molecular weight excluding hydrogens is 418 g/mol. The molecule has 7 heteroatoms. The van der Waals surface area contributed by atoms with Gasteiger partial charge in [-0.15, -0.1) is 0 Å². The minimum atomic E-state index is -1.81. The molecule has 0 bridgehead atoms. The number of benzene rings is 1. The molecular formula is C26H29N3O4. The van der Waals surface area contributed by atoms with E-state index < -0.39 is 11.6 Å². The van der Waals surface area contributed by atoms with E-state index >= 15 is 0 Å². The van der Waals surface area contributed by atoms with Crippen LogP contribution in [0.3, 0.4) is 0 Å². The van der Waals surface area contributed by atoms with Crippen LogP contribution in [0.5, 0.6) is 0 Å². The quantitative estimate of drug-likeness (QED) is 0.484. The number of rotatable bonds is 4. The summed E-state index contributed by atoms with van der Waals surface area (Å²) in [6.45, 7) is 6.28. The number of esters is 1. The first-order valence-electron chi connectivity index (χ1n) is 11.5. The number of aryl methyl sites for hydroxylation is 1. The van der Waals surface area contributed by atoms with E-state index in [1.165, 1.54) is 5.56 Å². The number of pyridine rings is 2. The first-order chi connectivity index (χ1) is 15.7. The lowest BCUT2D eigenvalue weighted by Gasteiger charge is -2.31. The number of nitrogens with zero attached hydrogens (tertiary/aromatic N) is 3. The SMILES string of the molecule is CCc1ccc(C(C)N(C)C)c2cc3c(nc12)-c1cc2c(c(=O)n1C3)COC(=O)[C@]2(O)CC. The van der Waals surface area contributed by atoms with E-state index in [4.69, 9.17) is 9.72 Å². The highest BCUT2D eigenvalue weighted by molar-refractivity contribution is 5.90. The fourth-order valence-corrected chi connectivity index (χ4v) is 5.07. The van der Waals surface area contributed by atoms with Crippen molar-refractivity contribution >= 4 is 16.9 Å². The molecule has 5 rings (SSSR count). The molecule has 0 saturated carbocycles. The van der Waals surface area contributed by atoms with Crippen molar-refractivity contribution < 1.29 is 14.6 Å². The number of ether oxygens (including phenoxy) is 1. The van der Waals surface area contributed by atoms with Crippen LogP contribution >= 0.6 is 0 Å². The van der Waals surface area contributed by atoms with Gasteiger partial charge in [-0.05, 0) is 57.1 Å². The highest BCUT2D eigenvalue weighted by atomic mass is 16.6. The molecule has 0 spiro atoms. The van der Waals surface area contributed by atoms with E-state index in [-0.39, 0.29) is 24.6 Å². The maximum atomic E-state index is 13.4. The molecule has 33 heavy (non-hydrogen) atoms. The Morgan fingerprint density at radius 2 is 2.00 bits per heavy atom. The van der Waals surface area contributed by atoms with Crippen LogP contribution in [0.2, 0.25) is 0 Å². The molecule has 2 aromatic heterocycles. The van der Waals surface area contributed by atoms with Gasteiger partial charge in [-0.1, -0.05) is 26.0 Å². The number of carbonyl (C=O) groups excluding carboxylic acids is 1. The molecule has 0 saturated heterocycles. The van der Waals surface area contributed by atoms with Crippen LogP contribution in [0.4, 0.5) is 0 Å². The zero-order valence-electron chi connectivity index (χ0n) is 19.7. The van der Waals surface area contributed by atoms with Crippen LogP contribution in [0.15, 0.2) is 29.1 Å². The van der Waals surface area contributed by atoms with Crippen molar-refractivity contribution in [2.45, 2.75) is 58.4 Å². The normalized spacial score (nSPS) is 19.9. The number of aliphatic hydroxyl groups is 1. The topological polar surface area (TPSA) is 84.7 Å². The van der Waals surface area contributed by atoms with E-state index in [2.05, 4.69) is 51.0 Å². The molecule has 2 aliphatic rings. The Morgan fingerprint density at radius 3 is 2.67 bits per heavy atom. The number of hydrogen-bond donors (Lipinski definition) is 1. The van der Waals surface area contributed by atoms with Crippen LogP contribution in [-0.2, 0) is 34.7 Å². The van der Waals surface area contributed by atoms with Gasteiger partial charge in [0.25, 0.3) is 5.56 Å². The third-order valence-corrected chi connectivity index (χ3v) is 7.40. The highest BCUT2D eigenvalue weighted by Gasteiger charge is 2.45. The number of cyclic esters (lactones) is 1. The Balaban J connectivity index is 1.78. The Hall–Kier alpha value is -3.03. The molecule has 7 nitrogen and oxygen atoms in total. The molecule has 0 fully saturated rings. The van der Waals surface area contributed by atoms with Crippen LogP contribution < -0.4 is 5.56 Å². The number of aromatic nitrogens is 2. The van der Waals surface area contributed by atoms with Gasteiger partial charge in [0, 0.05) is 22.6 Å². The molecule has 1 N–H and O–H groups in total. The number of carbonyl (C=O) groups is 1. The number of hydrogen-bond acceptors (Lipinski definition) is 6. The molecule has 0 aliphatic carbocycles. The van der Waals surface area contributed by atoms with Crippen molar-refractivity contribution in [2.75, 3.05) is 14.1 Å². The van der Waals surface area contributed by atoms with Gasteiger partial charge in [0.2, 0.25) is 0 Å². The lowest BCUT2D eigenvalue weighted by molar-refractivity contribution is -0.172. The molecule has 0 radical (unpaired) electrons. The summed E-state index contributed by atoms with van der Waals surface area (Å²) < 4.78 is 6.85. The highest BCUT2D eigenvalue weighted by Crippen LogP contribution is 2.40. The van der Waals surface area contributed by atoms with Crippen molar-refractivity contribution in [1.82, 2.24) is 14.5 Å². The molecule has 4 heterocycles. The van der Waals surface area contributed by atoms with Crippen LogP contribution in [0.25, 0.3) is 22.3 Å². The fourth-order valence-electron chi connectivity index (χ4n) is 5.07. The van der Waals surface area contributed by atoms with Gasteiger partial charge in [-0.2, -0.15) is 0 Å². The molecule has 2 aliphatic heterocycles. The average Bonchev–Trinajstić information content (AvgIpc) is 3.17. The van der Waals surface area contributed by atoms with Crippen LogP contribution in [-0.4, -0.2) is 39.6 Å². The monoisotopic (exact) mass is 447 g/mol. The van der Waals surface area contributed by atoms with Gasteiger partial charge in [-0.25, -0.2) is 9.78 Å². The van der Waals surface area contributed by atoms with Gasteiger partial charge < -0.3 is 19.3 Å². The predicted molar refractivity (Wildman–Crippen MR) is 126 cm³/mol. The van der Waals surface area contributed by atoms with Gasteiger partial charge in [0.1, 0.15) is 6.61 Å². The van der Waals surface area contributed by atoms with Gasteiger partial charge in [0.15, 0.2) is 5.60 Å². The third kappa shape index (κ3) is 2.99.